The van der Waals surface area contributed by atoms with Gasteiger partial charge in [-0.25, -0.2) is 0 Å². The molecule has 0 saturated heterocycles. The molecule has 2 aromatic carbocycles. The Morgan fingerprint density at radius 2 is 1.62 bits per heavy atom. The van der Waals surface area contributed by atoms with Gasteiger partial charge in [0.15, 0.2) is 0 Å². The highest BCUT2D eigenvalue weighted by atomic mass is 28.2. The minimum Gasteiger partial charge on any atom is -0.376 e. The van der Waals surface area contributed by atoms with Gasteiger partial charge in [0.2, 0.25) is 0 Å². The molecule has 4 rings (SSSR count). The van der Waals surface area contributed by atoms with Crippen LogP contribution in [0.3, 0.4) is 0 Å². The number of allylic oxidation sites excluding steroid dienone is 5. The minimum absolute atomic E-state index is 0.0651. The van der Waals surface area contributed by atoms with Crippen molar-refractivity contribution in [1.82, 2.24) is 0 Å². The molecule has 40 heavy (non-hydrogen) atoms. The van der Waals surface area contributed by atoms with E-state index in [9.17, 15) is 0 Å². The van der Waals surface area contributed by atoms with E-state index in [0.29, 0.717) is 11.5 Å². The van der Waals surface area contributed by atoms with E-state index in [-0.39, 0.29) is 11.0 Å². The molecule has 2 unspecified atom stereocenters. The maximum Gasteiger partial charge on any atom is 0.0895 e. The van der Waals surface area contributed by atoms with Crippen LogP contribution in [-0.2, 0) is 16.6 Å². The Morgan fingerprint density at radius 1 is 0.900 bits per heavy atom. The molecule has 0 N–H and O–H groups in total. The first-order valence-corrected chi connectivity index (χ1v) is 16.5. The van der Waals surface area contributed by atoms with Gasteiger partial charge >= 0.3 is 0 Å². The summed E-state index contributed by atoms with van der Waals surface area (Å²) < 4.78 is 6.09. The van der Waals surface area contributed by atoms with Crippen LogP contribution in [0.4, 0.5) is 0 Å². The number of rotatable bonds is 9. The zero-order chi connectivity index (χ0) is 29.4. The molecule has 214 valence electrons. The van der Waals surface area contributed by atoms with Crippen molar-refractivity contribution in [3.8, 4) is 11.1 Å². The third-order valence-corrected chi connectivity index (χ3v) is 11.1. The van der Waals surface area contributed by atoms with Gasteiger partial charge in [-0.05, 0) is 129 Å². The first-order valence-electron chi connectivity index (χ1n) is 15.4. The topological polar surface area (TPSA) is 9.23 Å². The second-order valence-electron chi connectivity index (χ2n) is 14.2. The standard InChI is InChI=1S/C38H52OSi/c1-24-25(2)27(4)35(26(24)3)34(20-12-13-23-39-38(9,10)11)40-36-28(5)30(21-22-33(36)37(6,7)8)32-19-15-17-29-16-14-18-31(29)32/h14-15,17-19,21-22,26,34H,12-13,16,20,23H2,1-11H3. The molecule has 0 spiro atoms. The van der Waals surface area contributed by atoms with Crippen LogP contribution in [0.2, 0.25) is 5.54 Å². The normalized spacial score (nSPS) is 18.2. The second-order valence-corrected chi connectivity index (χ2v) is 15.6. The van der Waals surface area contributed by atoms with E-state index in [1.54, 1.807) is 21.9 Å². The van der Waals surface area contributed by atoms with E-state index in [1.165, 1.54) is 51.8 Å². The summed E-state index contributed by atoms with van der Waals surface area (Å²) >= 11 is 0. The van der Waals surface area contributed by atoms with Gasteiger partial charge in [0.25, 0.3) is 0 Å². The fourth-order valence-corrected chi connectivity index (χ4v) is 8.89. The Morgan fingerprint density at radius 3 is 2.25 bits per heavy atom. The number of fused-ring (bicyclic) bond motifs is 1. The second kappa shape index (κ2) is 12.0. The molecular weight excluding hydrogens is 501 g/mol. The van der Waals surface area contributed by atoms with Gasteiger partial charge in [0, 0.05) is 6.61 Å². The van der Waals surface area contributed by atoms with Crippen LogP contribution in [0, 0.1) is 12.8 Å². The Balaban J connectivity index is 1.75. The predicted molar refractivity (Wildman–Crippen MR) is 177 cm³/mol. The molecule has 2 radical (unpaired) electrons. The summed E-state index contributed by atoms with van der Waals surface area (Å²) in [6, 6.07) is 11.7. The lowest BCUT2D eigenvalue weighted by atomic mass is 9.83. The highest BCUT2D eigenvalue weighted by Gasteiger charge is 2.32. The molecule has 2 aliphatic carbocycles. The highest BCUT2D eigenvalue weighted by Crippen LogP contribution is 2.45. The van der Waals surface area contributed by atoms with E-state index < -0.39 is 0 Å². The van der Waals surface area contributed by atoms with Gasteiger partial charge in [-0.15, -0.1) is 0 Å². The maximum absolute atomic E-state index is 6.09. The van der Waals surface area contributed by atoms with Crippen molar-refractivity contribution in [3.05, 3.63) is 81.0 Å². The lowest BCUT2D eigenvalue weighted by Gasteiger charge is -2.30. The molecule has 2 atom stereocenters. The summed E-state index contributed by atoms with van der Waals surface area (Å²) in [4.78, 5) is 0. The van der Waals surface area contributed by atoms with Crippen molar-refractivity contribution in [2.24, 2.45) is 5.92 Å². The minimum atomic E-state index is -0.0651. The van der Waals surface area contributed by atoms with Crippen LogP contribution in [0.1, 0.15) is 111 Å². The van der Waals surface area contributed by atoms with Crippen molar-refractivity contribution in [2.45, 2.75) is 118 Å². The Kier molecular flexibility index (Phi) is 9.22. The van der Waals surface area contributed by atoms with Crippen LogP contribution in [-0.4, -0.2) is 21.7 Å². The van der Waals surface area contributed by atoms with E-state index in [1.807, 2.05) is 0 Å². The zero-order valence-electron chi connectivity index (χ0n) is 27.1. The Hall–Kier alpha value is -2.16. The molecule has 1 nitrogen and oxygen atoms in total. The smallest absolute Gasteiger partial charge is 0.0895 e. The zero-order valence-corrected chi connectivity index (χ0v) is 28.1. The van der Waals surface area contributed by atoms with Crippen LogP contribution in [0.25, 0.3) is 17.2 Å². The molecule has 0 amide bonds. The highest BCUT2D eigenvalue weighted by molar-refractivity contribution is 6.57. The molecule has 0 heterocycles. The summed E-state index contributed by atoms with van der Waals surface area (Å²) in [5.74, 6) is 0.535. The molecule has 2 aromatic rings. The molecule has 2 heteroatoms. The quantitative estimate of drug-likeness (QED) is 0.222. The van der Waals surface area contributed by atoms with Crippen molar-refractivity contribution in [2.75, 3.05) is 6.61 Å². The number of benzene rings is 2. The lowest BCUT2D eigenvalue weighted by Crippen LogP contribution is -2.33. The number of hydrogen-bond donors (Lipinski definition) is 0. The summed E-state index contributed by atoms with van der Waals surface area (Å²) in [5, 5.41) is 1.59. The monoisotopic (exact) mass is 552 g/mol. The third kappa shape index (κ3) is 6.49. The van der Waals surface area contributed by atoms with Crippen LogP contribution >= 0.6 is 0 Å². The number of ether oxygens (including phenoxy) is 1. The average molecular weight is 553 g/mol. The molecular formula is C38H52OSi. The average Bonchev–Trinajstić information content (AvgIpc) is 3.42. The SMILES string of the molecule is CC1=C(C)C(C)C(C(CCCCOC(C)(C)C)[Si]c2c(C(C)(C)C)ccc(-c3cccc4c3C=CC4)c2C)=C1C. The van der Waals surface area contributed by atoms with Gasteiger partial charge in [0.1, 0.15) is 0 Å². The van der Waals surface area contributed by atoms with E-state index in [4.69, 9.17) is 4.74 Å². The summed E-state index contributed by atoms with van der Waals surface area (Å²) in [6.45, 7) is 26.4. The first-order chi connectivity index (χ1) is 18.7. The molecule has 0 saturated carbocycles. The summed E-state index contributed by atoms with van der Waals surface area (Å²) in [5.41, 5.74) is 15.6. The fourth-order valence-electron chi connectivity index (χ4n) is 6.61. The third-order valence-electron chi connectivity index (χ3n) is 9.20. The van der Waals surface area contributed by atoms with Crippen LogP contribution in [0.5, 0.6) is 0 Å². The Bertz CT molecular complexity index is 1340. The maximum atomic E-state index is 6.09. The van der Waals surface area contributed by atoms with Gasteiger partial charge < -0.3 is 4.74 Å². The largest absolute Gasteiger partial charge is 0.376 e. The van der Waals surface area contributed by atoms with Crippen molar-refractivity contribution in [1.29, 1.82) is 0 Å². The lowest BCUT2D eigenvalue weighted by molar-refractivity contribution is -0.00469. The van der Waals surface area contributed by atoms with Crippen LogP contribution in [0.15, 0.2) is 58.7 Å². The van der Waals surface area contributed by atoms with Gasteiger partial charge in [-0.3, -0.25) is 0 Å². The van der Waals surface area contributed by atoms with E-state index in [0.717, 1.165) is 29.0 Å². The molecule has 0 fully saturated rings. The van der Waals surface area contributed by atoms with Crippen LogP contribution < -0.4 is 5.19 Å². The van der Waals surface area contributed by atoms with Crippen molar-refractivity contribution in [3.63, 3.8) is 0 Å². The molecule has 2 aliphatic rings. The van der Waals surface area contributed by atoms with E-state index >= 15 is 0 Å². The molecule has 0 aromatic heterocycles. The number of hydrogen-bond acceptors (Lipinski definition) is 1. The van der Waals surface area contributed by atoms with Gasteiger partial charge in [-0.2, -0.15) is 0 Å². The van der Waals surface area contributed by atoms with Gasteiger partial charge in [-0.1, -0.05) is 92.9 Å². The molecule has 0 bridgehead atoms. The predicted octanol–water partition coefficient (Wildman–Crippen LogP) is 9.93. The molecule has 0 aliphatic heterocycles. The summed E-state index contributed by atoms with van der Waals surface area (Å²) in [6.07, 6.45) is 9.24. The van der Waals surface area contributed by atoms with Crippen molar-refractivity contribution >= 4 is 20.8 Å². The summed E-state index contributed by atoms with van der Waals surface area (Å²) in [7, 11) is 0.761. The fraction of sp³-hybridized carbons (Fsp3) is 0.526. The number of unbranched alkanes of at least 4 members (excludes halogenated alkanes) is 1. The first kappa shape index (κ1) is 30.8. The van der Waals surface area contributed by atoms with Gasteiger partial charge in [0.05, 0.1) is 15.1 Å². The van der Waals surface area contributed by atoms with Crippen molar-refractivity contribution < 1.29 is 4.74 Å². The Labute approximate surface area is 248 Å². The van der Waals surface area contributed by atoms with E-state index in [2.05, 4.69) is 119 Å².